The molecule has 2 unspecified atom stereocenters. The van der Waals surface area contributed by atoms with Gasteiger partial charge in [0.1, 0.15) is 25.3 Å². The van der Waals surface area contributed by atoms with E-state index in [1.54, 1.807) is 0 Å². The number of hydrogen-bond donors (Lipinski definition) is 2. The van der Waals surface area contributed by atoms with Gasteiger partial charge in [0.15, 0.2) is 0 Å². The standard InChI is InChI=1S/C42H90N2O4.2BrH/c1-7-9-11-13-15-17-19-21-23-25-27-31-35-47-39-41(45)37-43(3,4)33-29-30-34-44(5,6)38-42(46)40-48-36-32-28-26-24-22-20-18-16-14-12-10-8-2;;/h41-42,45-46H,7-40H2,1-6H3;2*1H/q+2;;/p-2. The molecule has 0 saturated carbocycles. The summed E-state index contributed by atoms with van der Waals surface area (Å²) in [5.74, 6) is 0. The molecule has 2 atom stereocenters. The third-order valence-electron chi connectivity index (χ3n) is 10.1. The van der Waals surface area contributed by atoms with Crippen molar-refractivity contribution in [1.82, 2.24) is 0 Å². The van der Waals surface area contributed by atoms with Crippen molar-refractivity contribution in [3.63, 3.8) is 0 Å². The molecule has 0 bridgehead atoms. The first kappa shape index (κ1) is 55.1. The molecule has 0 aliphatic rings. The fourth-order valence-electron chi connectivity index (χ4n) is 7.04. The summed E-state index contributed by atoms with van der Waals surface area (Å²) < 4.78 is 13.3. The number of rotatable bonds is 39. The maximum atomic E-state index is 10.6. The Hall–Kier alpha value is 0.720. The Kier molecular flexibility index (Phi) is 43.4. The van der Waals surface area contributed by atoms with Crippen molar-refractivity contribution >= 4 is 0 Å². The molecule has 0 radical (unpaired) electrons. The Morgan fingerprint density at radius 1 is 0.380 bits per heavy atom. The maximum Gasteiger partial charge on any atom is 0.126 e. The van der Waals surface area contributed by atoms with Crippen molar-refractivity contribution in [3.8, 4) is 0 Å². The minimum Gasteiger partial charge on any atom is -1.00 e. The molecule has 2 N–H and O–H groups in total. The Balaban J connectivity index is -0.0000110. The molecule has 0 amide bonds. The van der Waals surface area contributed by atoms with Crippen molar-refractivity contribution in [3.05, 3.63) is 0 Å². The van der Waals surface area contributed by atoms with Gasteiger partial charge in [0.25, 0.3) is 0 Å². The largest absolute Gasteiger partial charge is 1.00 e. The van der Waals surface area contributed by atoms with Crippen LogP contribution in [0.3, 0.4) is 0 Å². The van der Waals surface area contributed by atoms with E-state index in [1.807, 2.05) is 0 Å². The van der Waals surface area contributed by atoms with E-state index >= 15 is 0 Å². The van der Waals surface area contributed by atoms with Gasteiger partial charge in [-0.15, -0.1) is 0 Å². The summed E-state index contributed by atoms with van der Waals surface area (Å²) in [5, 5.41) is 21.2. The third kappa shape index (κ3) is 41.5. The predicted molar refractivity (Wildman–Crippen MR) is 209 cm³/mol. The van der Waals surface area contributed by atoms with E-state index in [2.05, 4.69) is 42.0 Å². The third-order valence-corrected chi connectivity index (χ3v) is 10.1. The van der Waals surface area contributed by atoms with E-state index in [1.165, 1.54) is 141 Å². The van der Waals surface area contributed by atoms with Gasteiger partial charge in [-0.1, -0.05) is 155 Å². The average molecular weight is 847 g/mol. The molecule has 0 saturated heterocycles. The number of halogens is 2. The van der Waals surface area contributed by atoms with Crippen molar-refractivity contribution in [2.45, 2.75) is 193 Å². The Morgan fingerprint density at radius 2 is 0.620 bits per heavy atom. The molecule has 0 spiro atoms. The Morgan fingerprint density at radius 3 is 0.880 bits per heavy atom. The van der Waals surface area contributed by atoms with Gasteiger partial charge >= 0.3 is 0 Å². The van der Waals surface area contributed by atoms with Crippen molar-refractivity contribution in [2.24, 2.45) is 0 Å². The molecule has 0 fully saturated rings. The highest BCUT2D eigenvalue weighted by Gasteiger charge is 2.23. The zero-order valence-corrected chi connectivity index (χ0v) is 37.7. The lowest BCUT2D eigenvalue weighted by molar-refractivity contribution is -0.899. The van der Waals surface area contributed by atoms with Crippen LogP contribution < -0.4 is 34.0 Å². The molecule has 0 aliphatic carbocycles. The smallest absolute Gasteiger partial charge is 0.126 e. The van der Waals surface area contributed by atoms with Crippen LogP contribution in [0.15, 0.2) is 0 Å². The first-order valence-corrected chi connectivity index (χ1v) is 21.3. The topological polar surface area (TPSA) is 58.9 Å². The summed E-state index contributed by atoms with van der Waals surface area (Å²) in [7, 11) is 8.86. The van der Waals surface area contributed by atoms with Gasteiger partial charge < -0.3 is 62.6 Å². The molecular formula is C42H90Br2N2O4. The summed E-state index contributed by atoms with van der Waals surface area (Å²) in [6.07, 6.45) is 33.8. The van der Waals surface area contributed by atoms with Crippen LogP contribution in [0.1, 0.15) is 181 Å². The second-order valence-electron chi connectivity index (χ2n) is 16.6. The number of likely N-dealkylation sites (N-methyl/N-ethyl adjacent to an activating group) is 2. The number of quaternary nitrogens is 2. The molecule has 8 heteroatoms. The quantitative estimate of drug-likeness (QED) is 0.0725. The minimum absolute atomic E-state index is 0. The van der Waals surface area contributed by atoms with Crippen LogP contribution in [0.25, 0.3) is 0 Å². The highest BCUT2D eigenvalue weighted by Crippen LogP contribution is 2.14. The second kappa shape index (κ2) is 39.4. The molecule has 0 aromatic carbocycles. The number of aliphatic hydroxyl groups is 2. The zero-order valence-electron chi connectivity index (χ0n) is 34.6. The van der Waals surface area contributed by atoms with E-state index in [4.69, 9.17) is 9.47 Å². The second-order valence-corrected chi connectivity index (χ2v) is 16.6. The van der Waals surface area contributed by atoms with E-state index in [0.29, 0.717) is 13.2 Å². The first-order chi connectivity index (χ1) is 23.1. The van der Waals surface area contributed by atoms with Gasteiger partial charge in [-0.05, 0) is 12.8 Å². The van der Waals surface area contributed by atoms with Crippen LogP contribution in [0.5, 0.6) is 0 Å². The molecule has 0 heterocycles. The van der Waals surface area contributed by atoms with Gasteiger partial charge in [-0.25, -0.2) is 0 Å². The van der Waals surface area contributed by atoms with Crippen LogP contribution in [-0.4, -0.2) is 112 Å². The maximum absolute atomic E-state index is 10.6. The summed E-state index contributed by atoms with van der Waals surface area (Å²) in [5.41, 5.74) is 0. The average Bonchev–Trinajstić information content (AvgIpc) is 3.03. The Bertz CT molecular complexity index is 603. The zero-order chi connectivity index (χ0) is 35.6. The summed E-state index contributed by atoms with van der Waals surface area (Å²) in [6.45, 7) is 10.5. The lowest BCUT2D eigenvalue weighted by Crippen LogP contribution is -3.00. The molecule has 6 nitrogen and oxygen atoms in total. The molecule has 0 aromatic heterocycles. The van der Waals surface area contributed by atoms with Crippen molar-refractivity contribution in [1.29, 1.82) is 0 Å². The van der Waals surface area contributed by atoms with Gasteiger partial charge in [-0.2, -0.15) is 0 Å². The summed E-state index contributed by atoms with van der Waals surface area (Å²) >= 11 is 0. The van der Waals surface area contributed by atoms with Crippen LogP contribution in [-0.2, 0) is 9.47 Å². The number of aliphatic hydroxyl groups excluding tert-OH is 2. The monoisotopic (exact) mass is 845 g/mol. The van der Waals surface area contributed by atoms with Crippen LogP contribution >= 0.6 is 0 Å². The lowest BCUT2D eigenvalue weighted by atomic mass is 10.1. The fraction of sp³-hybridized carbons (Fsp3) is 1.00. The van der Waals surface area contributed by atoms with Crippen molar-refractivity contribution in [2.75, 3.05) is 80.8 Å². The Labute approximate surface area is 334 Å². The first-order valence-electron chi connectivity index (χ1n) is 21.3. The molecule has 0 rings (SSSR count). The normalized spacial score (nSPS) is 13.2. The summed E-state index contributed by atoms with van der Waals surface area (Å²) in [6, 6.07) is 0. The minimum atomic E-state index is -0.408. The number of ether oxygens (including phenoxy) is 2. The number of hydrogen-bond acceptors (Lipinski definition) is 4. The molecule has 50 heavy (non-hydrogen) atoms. The SMILES string of the molecule is CCCCCCCCCCCCCCOCC(O)C[N+](C)(C)CCCC[N+](C)(C)CC(O)COCCCCCCCCCCCCCC.[Br-].[Br-]. The lowest BCUT2D eigenvalue weighted by Gasteiger charge is -2.34. The highest BCUT2D eigenvalue weighted by molar-refractivity contribution is 4.56. The molecule has 0 aromatic rings. The van der Waals surface area contributed by atoms with E-state index in [9.17, 15) is 10.2 Å². The van der Waals surface area contributed by atoms with E-state index in [0.717, 1.165) is 74.0 Å². The van der Waals surface area contributed by atoms with Gasteiger partial charge in [0.2, 0.25) is 0 Å². The highest BCUT2D eigenvalue weighted by atomic mass is 79.9. The van der Waals surface area contributed by atoms with Crippen LogP contribution in [0, 0.1) is 0 Å². The van der Waals surface area contributed by atoms with Gasteiger partial charge in [0, 0.05) is 26.1 Å². The summed E-state index contributed by atoms with van der Waals surface area (Å²) in [4.78, 5) is 0. The van der Waals surface area contributed by atoms with Gasteiger partial charge in [-0.3, -0.25) is 0 Å². The molecular weight excluding hydrogens is 756 g/mol. The number of unbranched alkanes of at least 4 members (excludes halogenated alkanes) is 23. The van der Waals surface area contributed by atoms with Gasteiger partial charge in [0.05, 0.1) is 54.5 Å². The predicted octanol–water partition coefficient (Wildman–Crippen LogP) is 4.08. The molecule has 306 valence electrons. The fourth-order valence-corrected chi connectivity index (χ4v) is 7.04. The van der Waals surface area contributed by atoms with Crippen LogP contribution in [0.2, 0.25) is 0 Å². The van der Waals surface area contributed by atoms with E-state index < -0.39 is 12.2 Å². The van der Waals surface area contributed by atoms with Crippen molar-refractivity contribution < 1.29 is 62.6 Å². The van der Waals surface area contributed by atoms with E-state index in [-0.39, 0.29) is 34.0 Å². The van der Waals surface area contributed by atoms with Crippen LogP contribution in [0.4, 0.5) is 0 Å². The molecule has 0 aliphatic heterocycles. The number of nitrogens with zero attached hydrogens (tertiary/aromatic N) is 2.